The van der Waals surface area contributed by atoms with Gasteiger partial charge < -0.3 is 5.32 Å². The molecule has 3 rings (SSSR count). The molecule has 0 bridgehead atoms. The molecule has 1 fully saturated rings. The fourth-order valence-corrected chi connectivity index (χ4v) is 5.07. The second kappa shape index (κ2) is 7.05. The fourth-order valence-electron chi connectivity index (χ4n) is 2.79. The Hall–Kier alpha value is -1.34. The Balaban J connectivity index is 1.48. The molecular weight excluding hydrogens is 328 g/mol. The average Bonchev–Trinajstić information content (AvgIpc) is 3.07. The molecule has 0 spiro atoms. The van der Waals surface area contributed by atoms with Gasteiger partial charge in [-0.2, -0.15) is 5.10 Å². The standard InChI is InChI=1S/C16H22N4OS2/c1-10-9-22-16(17-10)23-13-6-4-12(5-7-13)18-15(21)14-8-11(2)20(3)19-14/h8-9,12-13H,4-7H2,1-3H3,(H,18,21). The zero-order chi connectivity index (χ0) is 16.4. The van der Waals surface area contributed by atoms with Gasteiger partial charge in [0.2, 0.25) is 0 Å². The molecule has 23 heavy (non-hydrogen) atoms. The Morgan fingerprint density at radius 3 is 2.65 bits per heavy atom. The van der Waals surface area contributed by atoms with Gasteiger partial charge in [0.1, 0.15) is 10.0 Å². The van der Waals surface area contributed by atoms with Gasteiger partial charge in [-0.25, -0.2) is 4.98 Å². The SMILES string of the molecule is Cc1csc(SC2CCC(NC(=O)c3cc(C)n(C)n3)CC2)n1. The van der Waals surface area contributed by atoms with Gasteiger partial charge in [0.15, 0.2) is 0 Å². The van der Waals surface area contributed by atoms with Gasteiger partial charge in [-0.05, 0) is 45.6 Å². The number of nitrogens with one attached hydrogen (secondary N) is 1. The summed E-state index contributed by atoms with van der Waals surface area (Å²) in [6.45, 7) is 3.98. The smallest absolute Gasteiger partial charge is 0.272 e. The highest BCUT2D eigenvalue weighted by atomic mass is 32.2. The number of rotatable bonds is 4. The van der Waals surface area contributed by atoms with Crippen molar-refractivity contribution in [3.63, 3.8) is 0 Å². The molecule has 0 radical (unpaired) electrons. The molecule has 0 atom stereocenters. The first-order valence-electron chi connectivity index (χ1n) is 7.91. The van der Waals surface area contributed by atoms with E-state index in [0.29, 0.717) is 10.9 Å². The summed E-state index contributed by atoms with van der Waals surface area (Å²) in [5, 5.41) is 10.1. The van der Waals surface area contributed by atoms with Crippen LogP contribution in [0.25, 0.3) is 0 Å². The highest BCUT2D eigenvalue weighted by Gasteiger charge is 2.24. The molecule has 1 N–H and O–H groups in total. The maximum absolute atomic E-state index is 12.3. The van der Waals surface area contributed by atoms with Gasteiger partial charge in [-0.15, -0.1) is 11.3 Å². The van der Waals surface area contributed by atoms with E-state index in [1.54, 1.807) is 16.0 Å². The molecular formula is C16H22N4OS2. The molecule has 2 aromatic heterocycles. The first-order valence-corrected chi connectivity index (χ1v) is 9.67. The van der Waals surface area contributed by atoms with Crippen molar-refractivity contribution in [1.29, 1.82) is 0 Å². The molecule has 0 saturated heterocycles. The number of thiazole rings is 1. The number of carbonyl (C=O) groups is 1. The fraction of sp³-hybridized carbons (Fsp3) is 0.562. The molecule has 1 aliphatic carbocycles. The van der Waals surface area contributed by atoms with Crippen molar-refractivity contribution < 1.29 is 4.79 Å². The van der Waals surface area contributed by atoms with Crippen molar-refractivity contribution >= 4 is 29.0 Å². The Labute approximate surface area is 144 Å². The average molecular weight is 351 g/mol. The second-order valence-corrected chi connectivity index (χ2v) is 8.52. The molecule has 1 amide bonds. The number of carbonyl (C=O) groups excluding carboxylic acids is 1. The Morgan fingerprint density at radius 1 is 1.35 bits per heavy atom. The molecule has 2 aromatic rings. The van der Waals surface area contributed by atoms with E-state index in [9.17, 15) is 4.79 Å². The van der Waals surface area contributed by atoms with Gasteiger partial charge in [-0.3, -0.25) is 9.48 Å². The zero-order valence-electron chi connectivity index (χ0n) is 13.7. The minimum Gasteiger partial charge on any atom is -0.348 e. The van der Waals surface area contributed by atoms with Crippen LogP contribution >= 0.6 is 23.1 Å². The van der Waals surface area contributed by atoms with Gasteiger partial charge in [-0.1, -0.05) is 11.8 Å². The third-order valence-electron chi connectivity index (χ3n) is 4.22. The van der Waals surface area contributed by atoms with E-state index in [1.807, 2.05) is 38.7 Å². The van der Waals surface area contributed by atoms with Crippen molar-refractivity contribution in [2.24, 2.45) is 7.05 Å². The van der Waals surface area contributed by atoms with E-state index in [1.165, 1.54) is 4.34 Å². The quantitative estimate of drug-likeness (QED) is 0.919. The molecule has 124 valence electrons. The lowest BCUT2D eigenvalue weighted by Gasteiger charge is -2.28. The minimum atomic E-state index is -0.0552. The summed E-state index contributed by atoms with van der Waals surface area (Å²) in [4.78, 5) is 16.8. The number of aryl methyl sites for hydroxylation is 3. The van der Waals surface area contributed by atoms with Crippen LogP contribution in [0.4, 0.5) is 0 Å². The molecule has 0 aliphatic heterocycles. The van der Waals surface area contributed by atoms with Crippen LogP contribution in [0.1, 0.15) is 47.6 Å². The number of amides is 1. The summed E-state index contributed by atoms with van der Waals surface area (Å²) in [6, 6.07) is 2.10. The Morgan fingerprint density at radius 2 is 2.09 bits per heavy atom. The maximum Gasteiger partial charge on any atom is 0.272 e. The van der Waals surface area contributed by atoms with Crippen LogP contribution in [0.5, 0.6) is 0 Å². The van der Waals surface area contributed by atoms with Crippen molar-refractivity contribution in [2.75, 3.05) is 0 Å². The van der Waals surface area contributed by atoms with E-state index in [2.05, 4.69) is 20.8 Å². The predicted octanol–water partition coefficient (Wildman–Crippen LogP) is 3.33. The highest BCUT2D eigenvalue weighted by Crippen LogP contribution is 2.35. The van der Waals surface area contributed by atoms with E-state index in [4.69, 9.17) is 0 Å². The largest absolute Gasteiger partial charge is 0.348 e. The van der Waals surface area contributed by atoms with Gasteiger partial charge in [0.05, 0.1) is 0 Å². The van der Waals surface area contributed by atoms with Gasteiger partial charge in [0.25, 0.3) is 5.91 Å². The zero-order valence-corrected chi connectivity index (χ0v) is 15.3. The van der Waals surface area contributed by atoms with E-state index < -0.39 is 0 Å². The third-order valence-corrected chi connectivity index (χ3v) is 6.65. The van der Waals surface area contributed by atoms with E-state index in [0.717, 1.165) is 37.1 Å². The molecule has 7 heteroatoms. The van der Waals surface area contributed by atoms with Crippen molar-refractivity contribution in [1.82, 2.24) is 20.1 Å². The molecule has 1 aliphatic rings. The van der Waals surface area contributed by atoms with Crippen LogP contribution in [0.2, 0.25) is 0 Å². The van der Waals surface area contributed by atoms with Crippen LogP contribution in [-0.4, -0.2) is 32.0 Å². The Kier molecular flexibility index (Phi) is 5.06. The summed E-state index contributed by atoms with van der Waals surface area (Å²) in [5.41, 5.74) is 2.61. The number of aromatic nitrogens is 3. The molecule has 5 nitrogen and oxygen atoms in total. The molecule has 1 saturated carbocycles. The maximum atomic E-state index is 12.3. The van der Waals surface area contributed by atoms with Crippen LogP contribution < -0.4 is 5.32 Å². The Bertz CT molecular complexity index is 667. The molecule has 0 unspecified atom stereocenters. The topological polar surface area (TPSA) is 59.8 Å². The monoisotopic (exact) mass is 350 g/mol. The summed E-state index contributed by atoms with van der Waals surface area (Å²) in [6.07, 6.45) is 4.30. The van der Waals surface area contributed by atoms with Crippen LogP contribution in [0.15, 0.2) is 15.8 Å². The summed E-state index contributed by atoms with van der Waals surface area (Å²) < 4.78 is 2.90. The summed E-state index contributed by atoms with van der Waals surface area (Å²) >= 11 is 3.61. The van der Waals surface area contributed by atoms with Gasteiger partial charge >= 0.3 is 0 Å². The van der Waals surface area contributed by atoms with Crippen molar-refractivity contribution in [3.05, 3.63) is 28.5 Å². The van der Waals surface area contributed by atoms with Gasteiger partial charge in [0, 0.05) is 35.1 Å². The lowest BCUT2D eigenvalue weighted by molar-refractivity contribution is 0.0922. The van der Waals surface area contributed by atoms with Crippen LogP contribution in [0.3, 0.4) is 0 Å². The minimum absolute atomic E-state index is 0.0552. The summed E-state index contributed by atoms with van der Waals surface area (Å²) in [7, 11) is 1.86. The predicted molar refractivity (Wildman–Crippen MR) is 94.2 cm³/mol. The second-order valence-electron chi connectivity index (χ2n) is 6.11. The number of hydrogen-bond acceptors (Lipinski definition) is 5. The van der Waals surface area contributed by atoms with E-state index >= 15 is 0 Å². The lowest BCUT2D eigenvalue weighted by Crippen LogP contribution is -2.38. The first kappa shape index (κ1) is 16.5. The van der Waals surface area contributed by atoms with Crippen molar-refractivity contribution in [3.8, 4) is 0 Å². The molecule has 2 heterocycles. The van der Waals surface area contributed by atoms with Crippen LogP contribution in [0, 0.1) is 13.8 Å². The first-order chi connectivity index (χ1) is 11.0. The normalized spacial score (nSPS) is 21.3. The number of hydrogen-bond donors (Lipinski definition) is 1. The number of thioether (sulfide) groups is 1. The van der Waals surface area contributed by atoms with Crippen molar-refractivity contribution in [2.45, 2.75) is 55.2 Å². The van der Waals surface area contributed by atoms with E-state index in [-0.39, 0.29) is 11.9 Å². The lowest BCUT2D eigenvalue weighted by atomic mass is 9.95. The van der Waals surface area contributed by atoms with Crippen LogP contribution in [-0.2, 0) is 7.05 Å². The highest BCUT2D eigenvalue weighted by molar-refractivity contribution is 8.01. The summed E-state index contributed by atoms with van der Waals surface area (Å²) in [5.74, 6) is -0.0552. The third kappa shape index (κ3) is 4.14. The number of nitrogens with zero attached hydrogens (tertiary/aromatic N) is 3. The molecule has 0 aromatic carbocycles.